The zero-order valence-corrected chi connectivity index (χ0v) is 14.3. The van der Waals surface area contributed by atoms with Gasteiger partial charge < -0.3 is 14.3 Å². The molecule has 24 heavy (non-hydrogen) atoms. The van der Waals surface area contributed by atoms with Crippen LogP contribution in [0.25, 0.3) is 11.5 Å². The molecule has 0 bridgehead atoms. The monoisotopic (exact) mass is 327 g/mol. The Hall–Kier alpha value is -1.95. The molecule has 0 radical (unpaired) electrons. The molecule has 2 fully saturated rings. The highest BCUT2D eigenvalue weighted by Crippen LogP contribution is 2.26. The van der Waals surface area contributed by atoms with Gasteiger partial charge in [0.15, 0.2) is 5.82 Å². The lowest BCUT2D eigenvalue weighted by atomic mass is 9.96. The highest BCUT2D eigenvalue weighted by atomic mass is 16.5. The Morgan fingerprint density at radius 1 is 1.17 bits per heavy atom. The van der Waals surface area contributed by atoms with Gasteiger partial charge in [-0.3, -0.25) is 0 Å². The van der Waals surface area contributed by atoms with Crippen LogP contribution in [0.4, 0.5) is 5.82 Å². The first-order chi connectivity index (χ1) is 11.8. The lowest BCUT2D eigenvalue weighted by molar-refractivity contribution is 0.249. The van der Waals surface area contributed by atoms with Crippen molar-refractivity contribution in [3.05, 3.63) is 24.2 Å². The SMILES string of the molecule is Cc1noc(-c2ccnc(N3CCC(CN4CCCC4)CC3)c2)n1. The first-order valence-electron chi connectivity index (χ1n) is 9.02. The molecule has 6 nitrogen and oxygen atoms in total. The van der Waals surface area contributed by atoms with E-state index in [-0.39, 0.29) is 0 Å². The summed E-state index contributed by atoms with van der Waals surface area (Å²) in [6.07, 6.45) is 7.10. The number of hydrogen-bond acceptors (Lipinski definition) is 6. The number of aryl methyl sites for hydroxylation is 1. The van der Waals surface area contributed by atoms with Crippen molar-refractivity contribution in [1.29, 1.82) is 0 Å². The van der Waals surface area contributed by atoms with E-state index < -0.39 is 0 Å². The van der Waals surface area contributed by atoms with Crippen molar-refractivity contribution in [2.45, 2.75) is 32.6 Å². The Kier molecular flexibility index (Phi) is 4.47. The van der Waals surface area contributed by atoms with E-state index in [2.05, 4.69) is 31.0 Å². The minimum absolute atomic E-state index is 0.570. The van der Waals surface area contributed by atoms with E-state index in [1.165, 1.54) is 45.3 Å². The van der Waals surface area contributed by atoms with Gasteiger partial charge in [-0.1, -0.05) is 5.16 Å². The van der Waals surface area contributed by atoms with E-state index in [9.17, 15) is 0 Å². The molecule has 0 aliphatic carbocycles. The molecule has 4 heterocycles. The summed E-state index contributed by atoms with van der Waals surface area (Å²) in [5.74, 6) is 3.08. The molecule has 2 aliphatic rings. The number of pyridine rings is 1. The maximum Gasteiger partial charge on any atom is 0.258 e. The highest BCUT2D eigenvalue weighted by Gasteiger charge is 2.23. The van der Waals surface area contributed by atoms with Crippen LogP contribution >= 0.6 is 0 Å². The second kappa shape index (κ2) is 6.89. The van der Waals surface area contributed by atoms with Crippen molar-refractivity contribution in [3.63, 3.8) is 0 Å². The molecular weight excluding hydrogens is 302 g/mol. The largest absolute Gasteiger partial charge is 0.357 e. The molecule has 2 aliphatic heterocycles. The molecule has 2 aromatic heterocycles. The van der Waals surface area contributed by atoms with Crippen LogP contribution in [0.2, 0.25) is 0 Å². The predicted molar refractivity (Wildman–Crippen MR) is 92.9 cm³/mol. The average Bonchev–Trinajstić information content (AvgIpc) is 3.27. The minimum atomic E-state index is 0.570. The predicted octanol–water partition coefficient (Wildman–Crippen LogP) is 2.75. The molecule has 0 spiro atoms. The van der Waals surface area contributed by atoms with Crippen LogP contribution in [0.15, 0.2) is 22.9 Å². The standard InChI is InChI=1S/C18H25N5O/c1-14-20-18(24-21-14)16-4-7-19-17(12-16)23-10-5-15(6-11-23)13-22-8-2-3-9-22/h4,7,12,15H,2-3,5-6,8-11,13H2,1H3. The van der Waals surface area contributed by atoms with Gasteiger partial charge >= 0.3 is 0 Å². The summed E-state index contributed by atoms with van der Waals surface area (Å²) in [6, 6.07) is 3.99. The zero-order valence-electron chi connectivity index (χ0n) is 14.3. The number of hydrogen-bond donors (Lipinski definition) is 0. The van der Waals surface area contributed by atoms with E-state index in [4.69, 9.17) is 4.52 Å². The fraction of sp³-hybridized carbons (Fsp3) is 0.611. The molecule has 128 valence electrons. The van der Waals surface area contributed by atoms with Crippen LogP contribution in [0.1, 0.15) is 31.5 Å². The van der Waals surface area contributed by atoms with E-state index >= 15 is 0 Å². The quantitative estimate of drug-likeness (QED) is 0.860. The van der Waals surface area contributed by atoms with Crippen molar-refractivity contribution in [2.24, 2.45) is 5.92 Å². The third-order valence-electron chi connectivity index (χ3n) is 5.17. The Labute approximate surface area is 142 Å². The van der Waals surface area contributed by atoms with Gasteiger partial charge in [0.25, 0.3) is 5.89 Å². The van der Waals surface area contributed by atoms with Crippen molar-refractivity contribution in [3.8, 4) is 11.5 Å². The van der Waals surface area contributed by atoms with E-state index in [1.54, 1.807) is 0 Å². The van der Waals surface area contributed by atoms with Crippen LogP contribution in [0.5, 0.6) is 0 Å². The van der Waals surface area contributed by atoms with Gasteiger partial charge in [-0.25, -0.2) is 4.98 Å². The van der Waals surface area contributed by atoms with E-state index in [1.807, 2.05) is 19.2 Å². The third kappa shape index (κ3) is 3.43. The number of nitrogens with zero attached hydrogens (tertiary/aromatic N) is 5. The van der Waals surface area contributed by atoms with Crippen LogP contribution in [0.3, 0.4) is 0 Å². The number of likely N-dealkylation sites (tertiary alicyclic amines) is 1. The Balaban J connectivity index is 1.38. The van der Waals surface area contributed by atoms with Crippen molar-refractivity contribution in [2.75, 3.05) is 37.6 Å². The fourth-order valence-electron chi connectivity index (χ4n) is 3.81. The summed E-state index contributed by atoms with van der Waals surface area (Å²) in [6.45, 7) is 7.87. The summed E-state index contributed by atoms with van der Waals surface area (Å²) in [5.41, 5.74) is 0.944. The summed E-state index contributed by atoms with van der Waals surface area (Å²) in [4.78, 5) is 13.9. The number of piperidine rings is 1. The van der Waals surface area contributed by atoms with Gasteiger partial charge in [-0.15, -0.1) is 0 Å². The second-order valence-electron chi connectivity index (χ2n) is 6.99. The summed E-state index contributed by atoms with van der Waals surface area (Å²) in [7, 11) is 0. The topological polar surface area (TPSA) is 58.3 Å². The van der Waals surface area contributed by atoms with Gasteiger partial charge in [-0.05, 0) is 63.7 Å². The van der Waals surface area contributed by atoms with Crippen molar-refractivity contribution < 1.29 is 4.52 Å². The number of rotatable bonds is 4. The van der Waals surface area contributed by atoms with Crippen LogP contribution in [0, 0.1) is 12.8 Å². The fourth-order valence-corrected chi connectivity index (χ4v) is 3.81. The molecule has 2 saturated heterocycles. The molecule has 0 unspecified atom stereocenters. The second-order valence-corrected chi connectivity index (χ2v) is 6.99. The van der Waals surface area contributed by atoms with Crippen LogP contribution < -0.4 is 4.90 Å². The van der Waals surface area contributed by atoms with Gasteiger partial charge in [0.1, 0.15) is 5.82 Å². The highest BCUT2D eigenvalue weighted by molar-refractivity contribution is 5.58. The van der Waals surface area contributed by atoms with E-state index in [0.29, 0.717) is 11.7 Å². The maximum absolute atomic E-state index is 5.27. The maximum atomic E-state index is 5.27. The van der Waals surface area contributed by atoms with Gasteiger partial charge in [0.2, 0.25) is 0 Å². The Bertz CT molecular complexity index is 672. The average molecular weight is 327 g/mol. The minimum Gasteiger partial charge on any atom is -0.357 e. The molecule has 4 rings (SSSR count). The molecule has 0 aromatic carbocycles. The van der Waals surface area contributed by atoms with Gasteiger partial charge in [0.05, 0.1) is 0 Å². The Morgan fingerprint density at radius 2 is 1.96 bits per heavy atom. The molecule has 0 amide bonds. The summed E-state index contributed by atoms with van der Waals surface area (Å²) < 4.78 is 5.27. The normalized spacial score (nSPS) is 20.0. The van der Waals surface area contributed by atoms with Gasteiger partial charge in [0, 0.05) is 31.4 Å². The van der Waals surface area contributed by atoms with E-state index in [0.717, 1.165) is 30.4 Å². The Morgan fingerprint density at radius 3 is 2.67 bits per heavy atom. The smallest absolute Gasteiger partial charge is 0.258 e. The van der Waals surface area contributed by atoms with Crippen LogP contribution in [-0.4, -0.2) is 52.7 Å². The summed E-state index contributed by atoms with van der Waals surface area (Å²) >= 11 is 0. The zero-order chi connectivity index (χ0) is 16.4. The van der Waals surface area contributed by atoms with Gasteiger partial charge in [-0.2, -0.15) is 4.98 Å². The third-order valence-corrected chi connectivity index (χ3v) is 5.17. The molecule has 0 N–H and O–H groups in total. The van der Waals surface area contributed by atoms with Crippen molar-refractivity contribution >= 4 is 5.82 Å². The summed E-state index contributed by atoms with van der Waals surface area (Å²) in [5, 5.41) is 3.87. The number of anilines is 1. The molecule has 0 atom stereocenters. The molecular formula is C18H25N5O. The first-order valence-corrected chi connectivity index (χ1v) is 9.02. The van der Waals surface area contributed by atoms with Crippen LogP contribution in [-0.2, 0) is 0 Å². The lowest BCUT2D eigenvalue weighted by Gasteiger charge is -2.34. The molecule has 0 saturated carbocycles. The molecule has 2 aromatic rings. The van der Waals surface area contributed by atoms with Crippen molar-refractivity contribution in [1.82, 2.24) is 20.0 Å². The lowest BCUT2D eigenvalue weighted by Crippen LogP contribution is -2.38. The number of aromatic nitrogens is 3. The molecule has 6 heteroatoms. The first kappa shape index (κ1) is 15.6.